The number of nitrogens with one attached hydrogen (secondary N) is 1. The fourth-order valence-electron chi connectivity index (χ4n) is 4.34. The molecule has 3 aromatic rings. The Bertz CT molecular complexity index is 1120. The second-order valence-corrected chi connectivity index (χ2v) is 8.43. The fourth-order valence-corrected chi connectivity index (χ4v) is 4.34. The first-order valence-electron chi connectivity index (χ1n) is 11.7. The molecule has 0 atom stereocenters. The number of aromatic nitrogens is 3. The Kier molecular flexibility index (Phi) is 8.37. The lowest BCUT2D eigenvalue weighted by atomic mass is 9.96. The van der Waals surface area contributed by atoms with Crippen molar-refractivity contribution in [2.24, 2.45) is 0 Å². The van der Waals surface area contributed by atoms with Gasteiger partial charge in [0, 0.05) is 40.5 Å². The SMILES string of the molecule is C=C(NC(CCC)CCC)c1cnn2ccc(/C(=C/C)c3ccc(CC(F)F)nc3C)cc12. The van der Waals surface area contributed by atoms with Gasteiger partial charge in [0.25, 0.3) is 0 Å². The molecule has 0 radical (unpaired) electrons. The Labute approximate surface area is 195 Å². The predicted molar refractivity (Wildman–Crippen MR) is 132 cm³/mol. The summed E-state index contributed by atoms with van der Waals surface area (Å²) in [6, 6.07) is 8.09. The van der Waals surface area contributed by atoms with Crippen molar-refractivity contribution in [3.63, 3.8) is 0 Å². The van der Waals surface area contributed by atoms with E-state index in [2.05, 4.69) is 41.9 Å². The molecule has 0 fully saturated rings. The van der Waals surface area contributed by atoms with E-state index in [1.807, 2.05) is 49.0 Å². The summed E-state index contributed by atoms with van der Waals surface area (Å²) in [5, 5.41) is 8.11. The van der Waals surface area contributed by atoms with E-state index in [-0.39, 0.29) is 6.42 Å². The molecule has 6 heteroatoms. The van der Waals surface area contributed by atoms with Gasteiger partial charge in [-0.25, -0.2) is 13.3 Å². The van der Waals surface area contributed by atoms with Gasteiger partial charge in [-0.15, -0.1) is 0 Å². The molecule has 0 aliphatic rings. The zero-order valence-electron chi connectivity index (χ0n) is 20.0. The quantitative estimate of drug-likeness (QED) is 0.347. The molecule has 0 amide bonds. The first-order valence-corrected chi connectivity index (χ1v) is 11.7. The number of allylic oxidation sites excluding steroid dienone is 1. The number of pyridine rings is 2. The van der Waals surface area contributed by atoms with Gasteiger partial charge in [-0.1, -0.05) is 45.4 Å². The minimum atomic E-state index is -2.40. The summed E-state index contributed by atoms with van der Waals surface area (Å²) in [5.41, 5.74) is 6.93. The molecule has 0 saturated heterocycles. The van der Waals surface area contributed by atoms with E-state index >= 15 is 0 Å². The molecule has 3 heterocycles. The summed E-state index contributed by atoms with van der Waals surface area (Å²) >= 11 is 0. The molecular formula is C27H34F2N4. The van der Waals surface area contributed by atoms with Gasteiger partial charge in [0.1, 0.15) is 0 Å². The molecule has 3 rings (SSSR count). The van der Waals surface area contributed by atoms with E-state index in [9.17, 15) is 8.78 Å². The van der Waals surface area contributed by atoms with Crippen molar-refractivity contribution >= 4 is 16.8 Å². The lowest BCUT2D eigenvalue weighted by molar-refractivity contribution is 0.148. The zero-order valence-corrected chi connectivity index (χ0v) is 20.0. The normalized spacial score (nSPS) is 12.2. The Morgan fingerprint density at radius 3 is 2.48 bits per heavy atom. The topological polar surface area (TPSA) is 42.2 Å². The van der Waals surface area contributed by atoms with Crippen molar-refractivity contribution in [3.8, 4) is 0 Å². The van der Waals surface area contributed by atoms with Crippen LogP contribution in [0.3, 0.4) is 0 Å². The van der Waals surface area contributed by atoms with Crippen LogP contribution in [0.15, 0.2) is 49.3 Å². The fraction of sp³-hybridized carbons (Fsp3) is 0.407. The number of nitrogens with zero attached hydrogens (tertiary/aromatic N) is 3. The predicted octanol–water partition coefficient (Wildman–Crippen LogP) is 6.83. The average molecular weight is 453 g/mol. The van der Waals surface area contributed by atoms with E-state index in [0.29, 0.717) is 11.7 Å². The highest BCUT2D eigenvalue weighted by Crippen LogP contribution is 2.29. The third-order valence-electron chi connectivity index (χ3n) is 5.90. The third kappa shape index (κ3) is 5.86. The standard InChI is InChI=1S/C27H34F2N4/c1-6-9-21(10-7-2)31-19(5)25-17-30-33-14-13-20(15-26(25)33)23(8-3)24-12-11-22(16-27(28)29)32-18(24)4/h8,11-15,17,21,27,31H,5-7,9-10,16H2,1-4H3/b23-8-. The Hall–Kier alpha value is -3.02. The van der Waals surface area contributed by atoms with Gasteiger partial charge in [-0.2, -0.15) is 5.10 Å². The maximum Gasteiger partial charge on any atom is 0.244 e. The second kappa shape index (κ2) is 11.2. The minimum absolute atomic E-state index is 0.330. The summed E-state index contributed by atoms with van der Waals surface area (Å²) < 4.78 is 27.4. The summed E-state index contributed by atoms with van der Waals surface area (Å²) in [4.78, 5) is 4.41. The van der Waals surface area contributed by atoms with Crippen molar-refractivity contribution in [1.29, 1.82) is 0 Å². The van der Waals surface area contributed by atoms with Crippen LogP contribution < -0.4 is 5.32 Å². The van der Waals surface area contributed by atoms with Gasteiger partial charge in [-0.05, 0) is 56.0 Å². The zero-order chi connectivity index (χ0) is 24.0. The van der Waals surface area contributed by atoms with Crippen LogP contribution in [0.4, 0.5) is 8.78 Å². The molecule has 0 aliphatic carbocycles. The smallest absolute Gasteiger partial charge is 0.244 e. The molecular weight excluding hydrogens is 418 g/mol. The van der Waals surface area contributed by atoms with Crippen LogP contribution in [-0.2, 0) is 6.42 Å². The number of halogens is 2. The molecule has 0 aromatic carbocycles. The molecule has 3 aromatic heterocycles. The second-order valence-electron chi connectivity index (χ2n) is 8.43. The van der Waals surface area contributed by atoms with Gasteiger partial charge < -0.3 is 5.32 Å². The van der Waals surface area contributed by atoms with E-state index in [0.717, 1.165) is 64.9 Å². The Morgan fingerprint density at radius 1 is 1.15 bits per heavy atom. The van der Waals surface area contributed by atoms with Gasteiger partial charge in [-0.3, -0.25) is 4.98 Å². The van der Waals surface area contributed by atoms with Crippen LogP contribution in [0.2, 0.25) is 0 Å². The van der Waals surface area contributed by atoms with Gasteiger partial charge in [0.05, 0.1) is 18.1 Å². The summed E-state index contributed by atoms with van der Waals surface area (Å²) in [7, 11) is 0. The Morgan fingerprint density at radius 2 is 1.88 bits per heavy atom. The summed E-state index contributed by atoms with van der Waals surface area (Å²) in [5.74, 6) is 0. The summed E-state index contributed by atoms with van der Waals surface area (Å²) in [6.07, 6.45) is 7.55. The van der Waals surface area contributed by atoms with Crippen LogP contribution >= 0.6 is 0 Å². The molecule has 0 saturated carbocycles. The van der Waals surface area contributed by atoms with E-state index in [1.165, 1.54) is 0 Å². The van der Waals surface area contributed by atoms with Crippen LogP contribution in [0, 0.1) is 6.92 Å². The van der Waals surface area contributed by atoms with Gasteiger partial charge >= 0.3 is 0 Å². The number of alkyl halides is 2. The monoisotopic (exact) mass is 452 g/mol. The van der Waals surface area contributed by atoms with Crippen LogP contribution in [-0.4, -0.2) is 27.1 Å². The molecule has 0 bridgehead atoms. The molecule has 0 spiro atoms. The largest absolute Gasteiger partial charge is 0.382 e. The van der Waals surface area contributed by atoms with Crippen LogP contribution in [0.5, 0.6) is 0 Å². The van der Waals surface area contributed by atoms with E-state index in [4.69, 9.17) is 0 Å². The number of fused-ring (bicyclic) bond motifs is 1. The van der Waals surface area contributed by atoms with Crippen LogP contribution in [0.1, 0.15) is 74.5 Å². The highest BCUT2D eigenvalue weighted by atomic mass is 19.3. The minimum Gasteiger partial charge on any atom is -0.382 e. The number of aryl methyl sites for hydroxylation is 1. The Balaban J connectivity index is 1.93. The number of hydrogen-bond acceptors (Lipinski definition) is 3. The first-order chi connectivity index (χ1) is 15.9. The van der Waals surface area contributed by atoms with Crippen molar-refractivity contribution in [1.82, 2.24) is 19.9 Å². The van der Waals surface area contributed by atoms with Crippen molar-refractivity contribution in [2.75, 3.05) is 0 Å². The molecule has 4 nitrogen and oxygen atoms in total. The molecule has 176 valence electrons. The lowest BCUT2D eigenvalue weighted by Crippen LogP contribution is -2.27. The van der Waals surface area contributed by atoms with E-state index in [1.54, 1.807) is 6.07 Å². The molecule has 0 aliphatic heterocycles. The van der Waals surface area contributed by atoms with Gasteiger partial charge in [0.15, 0.2) is 0 Å². The van der Waals surface area contributed by atoms with E-state index < -0.39 is 6.43 Å². The van der Waals surface area contributed by atoms with Gasteiger partial charge in [0.2, 0.25) is 6.43 Å². The highest BCUT2D eigenvalue weighted by Gasteiger charge is 2.15. The van der Waals surface area contributed by atoms with Crippen LogP contribution in [0.25, 0.3) is 16.8 Å². The highest BCUT2D eigenvalue weighted by molar-refractivity contribution is 5.84. The first kappa shape index (κ1) is 24.6. The maximum absolute atomic E-state index is 12.8. The lowest BCUT2D eigenvalue weighted by Gasteiger charge is -2.20. The van der Waals surface area contributed by atoms with Crippen molar-refractivity contribution in [2.45, 2.75) is 72.3 Å². The third-order valence-corrected chi connectivity index (χ3v) is 5.90. The van der Waals surface area contributed by atoms with Crippen molar-refractivity contribution in [3.05, 3.63) is 77.4 Å². The maximum atomic E-state index is 12.8. The molecule has 1 N–H and O–H groups in total. The number of hydrogen-bond donors (Lipinski definition) is 1. The molecule has 0 unspecified atom stereocenters. The average Bonchev–Trinajstić information content (AvgIpc) is 3.19. The summed E-state index contributed by atoms with van der Waals surface area (Å²) in [6.45, 7) is 12.5. The van der Waals surface area contributed by atoms with Crippen molar-refractivity contribution < 1.29 is 8.78 Å². The molecule has 33 heavy (non-hydrogen) atoms. The number of rotatable bonds is 11.